The van der Waals surface area contributed by atoms with Crippen molar-refractivity contribution in [2.24, 2.45) is 5.92 Å². The largest absolute Gasteiger partial charge is 0.342 e. The highest BCUT2D eigenvalue weighted by Crippen LogP contribution is 2.24. The van der Waals surface area contributed by atoms with Crippen LogP contribution in [-0.4, -0.2) is 69.1 Å². The van der Waals surface area contributed by atoms with E-state index in [1.165, 1.54) is 18.2 Å². The maximum Gasteiger partial charge on any atom is 0.236 e. The van der Waals surface area contributed by atoms with Gasteiger partial charge in [-0.05, 0) is 63.0 Å². The molecule has 6 nitrogen and oxygen atoms in total. The van der Waals surface area contributed by atoms with Gasteiger partial charge in [-0.25, -0.2) is 13.1 Å². The average molecular weight is 436 g/mol. The van der Waals surface area contributed by atoms with Gasteiger partial charge in [0, 0.05) is 25.7 Å². The van der Waals surface area contributed by atoms with Gasteiger partial charge in [0.2, 0.25) is 15.9 Å². The lowest BCUT2D eigenvalue weighted by molar-refractivity contribution is -0.134. The van der Waals surface area contributed by atoms with Crippen molar-refractivity contribution in [3.63, 3.8) is 0 Å². The molecule has 168 valence electrons. The molecule has 1 amide bonds. The molecule has 2 fully saturated rings. The van der Waals surface area contributed by atoms with Crippen LogP contribution in [0, 0.1) is 5.92 Å². The van der Waals surface area contributed by atoms with E-state index in [0.29, 0.717) is 25.0 Å². The highest BCUT2D eigenvalue weighted by molar-refractivity contribution is 7.88. The molecule has 0 aromatic heterocycles. The molecule has 30 heavy (non-hydrogen) atoms. The van der Waals surface area contributed by atoms with Crippen LogP contribution in [0.25, 0.3) is 0 Å². The van der Waals surface area contributed by atoms with Crippen molar-refractivity contribution in [1.82, 2.24) is 14.5 Å². The number of amides is 1. The fourth-order valence-electron chi connectivity index (χ4n) is 4.77. The summed E-state index contributed by atoms with van der Waals surface area (Å²) in [5.41, 5.74) is 1.40. The zero-order chi connectivity index (χ0) is 21.4. The Balaban J connectivity index is 1.40. The Labute approximate surface area is 182 Å². The minimum Gasteiger partial charge on any atom is -0.342 e. The summed E-state index contributed by atoms with van der Waals surface area (Å²) < 4.78 is 25.2. The minimum atomic E-state index is -3.15. The second kappa shape index (κ2) is 11.3. The quantitative estimate of drug-likeness (QED) is 0.647. The molecule has 2 heterocycles. The fourth-order valence-corrected chi connectivity index (χ4v) is 5.25. The Kier molecular flexibility index (Phi) is 8.72. The first kappa shape index (κ1) is 23.2. The molecule has 0 saturated carbocycles. The number of rotatable bonds is 9. The summed E-state index contributed by atoms with van der Waals surface area (Å²) in [7, 11) is -3.15. The van der Waals surface area contributed by atoms with E-state index in [2.05, 4.69) is 40.0 Å². The van der Waals surface area contributed by atoms with E-state index < -0.39 is 10.0 Å². The van der Waals surface area contributed by atoms with Crippen molar-refractivity contribution in [1.29, 1.82) is 0 Å². The zero-order valence-corrected chi connectivity index (χ0v) is 19.1. The second-order valence-electron chi connectivity index (χ2n) is 8.92. The number of carbonyl (C=O) groups is 1. The molecule has 1 unspecified atom stereocenters. The third-order valence-corrected chi connectivity index (χ3v) is 7.31. The van der Waals surface area contributed by atoms with Crippen LogP contribution in [0.4, 0.5) is 0 Å². The smallest absolute Gasteiger partial charge is 0.236 e. The first-order valence-corrected chi connectivity index (χ1v) is 13.3. The second-order valence-corrected chi connectivity index (χ2v) is 10.8. The van der Waals surface area contributed by atoms with Gasteiger partial charge in [-0.1, -0.05) is 36.8 Å². The molecule has 1 N–H and O–H groups in total. The molecule has 1 atom stereocenters. The molecule has 0 bridgehead atoms. The molecule has 0 aliphatic carbocycles. The van der Waals surface area contributed by atoms with Crippen LogP contribution in [0.3, 0.4) is 0 Å². The summed E-state index contributed by atoms with van der Waals surface area (Å²) in [5, 5.41) is 0. The number of sulfonamides is 1. The summed E-state index contributed by atoms with van der Waals surface area (Å²) in [6.45, 7) is 3.58. The van der Waals surface area contributed by atoms with Gasteiger partial charge in [0.25, 0.3) is 0 Å². The number of hydrogen-bond acceptors (Lipinski definition) is 4. The van der Waals surface area contributed by atoms with Crippen LogP contribution in [0.15, 0.2) is 30.3 Å². The van der Waals surface area contributed by atoms with Gasteiger partial charge in [0.1, 0.15) is 0 Å². The number of aryl methyl sites for hydroxylation is 1. The van der Waals surface area contributed by atoms with E-state index in [9.17, 15) is 13.2 Å². The number of nitrogens with one attached hydrogen (secondary N) is 1. The van der Waals surface area contributed by atoms with Crippen LogP contribution < -0.4 is 4.72 Å². The van der Waals surface area contributed by atoms with Crippen LogP contribution in [-0.2, 0) is 21.2 Å². The van der Waals surface area contributed by atoms with Crippen molar-refractivity contribution >= 4 is 15.9 Å². The normalized spacial score (nSPS) is 21.6. The van der Waals surface area contributed by atoms with Crippen LogP contribution in [0.1, 0.15) is 50.5 Å². The zero-order valence-electron chi connectivity index (χ0n) is 18.3. The minimum absolute atomic E-state index is 0.236. The highest BCUT2D eigenvalue weighted by Gasteiger charge is 2.28. The first-order chi connectivity index (χ1) is 14.4. The third kappa shape index (κ3) is 7.67. The Bertz CT molecular complexity index is 761. The first-order valence-electron chi connectivity index (χ1n) is 11.4. The van der Waals surface area contributed by atoms with Gasteiger partial charge in [0.05, 0.1) is 12.8 Å². The van der Waals surface area contributed by atoms with Crippen molar-refractivity contribution in [3.8, 4) is 0 Å². The highest BCUT2D eigenvalue weighted by atomic mass is 32.2. The van der Waals surface area contributed by atoms with E-state index >= 15 is 0 Å². The summed E-state index contributed by atoms with van der Waals surface area (Å²) in [6, 6.07) is 10.9. The number of carbonyl (C=O) groups excluding carboxylic acids is 1. The molecule has 2 aliphatic rings. The molecule has 1 aromatic rings. The Hall–Kier alpha value is -1.44. The molecule has 3 rings (SSSR count). The van der Waals surface area contributed by atoms with Crippen molar-refractivity contribution in [3.05, 3.63) is 35.9 Å². The lowest BCUT2D eigenvalue weighted by Gasteiger charge is -2.38. The van der Waals surface area contributed by atoms with Crippen LogP contribution in [0.2, 0.25) is 0 Å². The van der Waals surface area contributed by atoms with Crippen molar-refractivity contribution < 1.29 is 13.2 Å². The summed E-state index contributed by atoms with van der Waals surface area (Å²) in [6.07, 6.45) is 9.79. The van der Waals surface area contributed by atoms with E-state index in [4.69, 9.17) is 0 Å². The van der Waals surface area contributed by atoms with Gasteiger partial charge < -0.3 is 4.90 Å². The maximum absolute atomic E-state index is 12.9. The standard InChI is InChI=1S/C23H37N3O3S/c1-30(28,29)24-15-12-22-9-5-6-16-26(22)19-23(27)25-17-13-21(14-18-25)11-10-20-7-3-2-4-8-20/h2-4,7-8,21-22,24H,5-6,9-19H2,1H3. The molecule has 0 radical (unpaired) electrons. The maximum atomic E-state index is 12.9. The predicted molar refractivity (Wildman–Crippen MR) is 121 cm³/mol. The van der Waals surface area contributed by atoms with Gasteiger partial charge in [-0.3, -0.25) is 9.69 Å². The van der Waals surface area contributed by atoms with Crippen molar-refractivity contribution in [2.45, 2.75) is 57.4 Å². The average Bonchev–Trinajstić information content (AvgIpc) is 2.74. The van der Waals surface area contributed by atoms with Gasteiger partial charge in [-0.2, -0.15) is 0 Å². The van der Waals surface area contributed by atoms with Crippen LogP contribution >= 0.6 is 0 Å². The number of likely N-dealkylation sites (tertiary alicyclic amines) is 2. The lowest BCUT2D eigenvalue weighted by atomic mass is 9.90. The van der Waals surface area contributed by atoms with E-state index in [1.807, 2.05) is 4.90 Å². The van der Waals surface area contributed by atoms with Gasteiger partial charge in [0.15, 0.2) is 0 Å². The summed E-state index contributed by atoms with van der Waals surface area (Å²) in [5.74, 6) is 0.943. The van der Waals surface area contributed by atoms with Crippen LogP contribution in [0.5, 0.6) is 0 Å². The molecule has 1 aromatic carbocycles. The number of benzene rings is 1. The number of nitrogens with zero attached hydrogens (tertiary/aromatic N) is 2. The lowest BCUT2D eigenvalue weighted by Crippen LogP contribution is -2.49. The Morgan fingerprint density at radius 1 is 1.03 bits per heavy atom. The molecular formula is C23H37N3O3S. The monoisotopic (exact) mass is 435 g/mol. The molecule has 2 aliphatic heterocycles. The van der Waals surface area contributed by atoms with E-state index in [0.717, 1.165) is 64.6 Å². The fraction of sp³-hybridized carbons (Fsp3) is 0.696. The predicted octanol–water partition coefficient (Wildman–Crippen LogP) is 2.65. The summed E-state index contributed by atoms with van der Waals surface area (Å²) >= 11 is 0. The Morgan fingerprint density at radius 3 is 2.47 bits per heavy atom. The molecule has 0 spiro atoms. The van der Waals surface area contributed by atoms with Gasteiger partial charge >= 0.3 is 0 Å². The van der Waals surface area contributed by atoms with E-state index in [-0.39, 0.29) is 5.91 Å². The van der Waals surface area contributed by atoms with Gasteiger partial charge in [-0.15, -0.1) is 0 Å². The molecule has 2 saturated heterocycles. The summed E-state index contributed by atoms with van der Waals surface area (Å²) in [4.78, 5) is 17.2. The number of piperidine rings is 2. The third-order valence-electron chi connectivity index (χ3n) is 6.58. The number of hydrogen-bond donors (Lipinski definition) is 1. The van der Waals surface area contributed by atoms with E-state index in [1.54, 1.807) is 0 Å². The molecule has 7 heteroatoms. The Morgan fingerprint density at radius 2 is 1.77 bits per heavy atom. The SMILES string of the molecule is CS(=O)(=O)NCCC1CCCCN1CC(=O)N1CCC(CCc2ccccc2)CC1. The molecular weight excluding hydrogens is 398 g/mol. The van der Waals surface area contributed by atoms with Crippen molar-refractivity contribution in [2.75, 3.05) is 39.0 Å². The topological polar surface area (TPSA) is 69.7 Å².